The molecule has 0 unspecified atom stereocenters. The first-order valence-corrected chi connectivity index (χ1v) is 16.2. The summed E-state index contributed by atoms with van der Waals surface area (Å²) >= 11 is 1.84. The van der Waals surface area contributed by atoms with E-state index >= 15 is 0 Å². The first-order valence-electron chi connectivity index (χ1n) is 15.4. The van der Waals surface area contributed by atoms with Gasteiger partial charge < -0.3 is 4.74 Å². The Balaban J connectivity index is 1.14. The minimum atomic E-state index is 0.707. The SMILES string of the molecule is c1ccc(-c2nc(-c3ccc4c5c(cccc35)-c3ccc(-c5cccc6sc7ccccc7c56)cc3O4)nc3ccccc23)cc1. The van der Waals surface area contributed by atoms with Gasteiger partial charge in [0.15, 0.2) is 5.82 Å². The molecular weight excluding hydrogens is 581 g/mol. The van der Waals surface area contributed by atoms with Crippen LogP contribution in [0.5, 0.6) is 11.5 Å². The van der Waals surface area contributed by atoms with Crippen molar-refractivity contribution in [2.75, 3.05) is 0 Å². The van der Waals surface area contributed by atoms with Gasteiger partial charge in [-0.15, -0.1) is 11.3 Å². The van der Waals surface area contributed by atoms with Gasteiger partial charge in [0, 0.05) is 47.6 Å². The van der Waals surface area contributed by atoms with Crippen molar-refractivity contribution in [3.05, 3.63) is 146 Å². The highest BCUT2D eigenvalue weighted by Gasteiger charge is 2.24. The molecule has 0 saturated carbocycles. The van der Waals surface area contributed by atoms with Gasteiger partial charge in [0.25, 0.3) is 0 Å². The van der Waals surface area contributed by atoms with Crippen LogP contribution >= 0.6 is 11.3 Å². The smallest absolute Gasteiger partial charge is 0.161 e. The monoisotopic (exact) mass is 604 g/mol. The largest absolute Gasteiger partial charge is 0.456 e. The molecule has 0 amide bonds. The van der Waals surface area contributed by atoms with E-state index in [4.69, 9.17) is 14.7 Å². The second kappa shape index (κ2) is 9.83. The fraction of sp³-hybridized carbons (Fsp3) is 0. The fourth-order valence-corrected chi connectivity index (χ4v) is 8.15. The molecular formula is C42H24N2OS. The maximum absolute atomic E-state index is 6.71. The van der Waals surface area contributed by atoms with Crippen LogP contribution in [0.25, 0.3) is 86.7 Å². The summed E-state index contributed by atoms with van der Waals surface area (Å²) in [5.41, 5.74) is 8.55. The van der Waals surface area contributed by atoms with Crippen molar-refractivity contribution in [3.8, 4) is 56.4 Å². The van der Waals surface area contributed by atoms with Crippen molar-refractivity contribution >= 4 is 53.2 Å². The van der Waals surface area contributed by atoms with Gasteiger partial charge in [0.2, 0.25) is 0 Å². The molecule has 0 aliphatic carbocycles. The summed E-state index contributed by atoms with van der Waals surface area (Å²) in [5, 5.41) is 5.80. The predicted molar refractivity (Wildman–Crippen MR) is 192 cm³/mol. The summed E-state index contributed by atoms with van der Waals surface area (Å²) in [4.78, 5) is 10.2. The van der Waals surface area contributed by atoms with E-state index in [1.54, 1.807) is 0 Å². The van der Waals surface area contributed by atoms with E-state index in [-0.39, 0.29) is 0 Å². The van der Waals surface area contributed by atoms with E-state index < -0.39 is 0 Å². The van der Waals surface area contributed by atoms with Crippen LogP contribution in [0.4, 0.5) is 0 Å². The zero-order valence-electron chi connectivity index (χ0n) is 24.6. The molecule has 0 atom stereocenters. The molecule has 3 heterocycles. The third-order valence-corrected chi connectivity index (χ3v) is 10.2. The number of hydrogen-bond donors (Lipinski definition) is 0. The summed E-state index contributed by atoms with van der Waals surface area (Å²) in [7, 11) is 0. The van der Waals surface area contributed by atoms with Crippen LogP contribution in [0, 0.1) is 0 Å². The number of aromatic nitrogens is 2. The average Bonchev–Trinajstić information content (AvgIpc) is 3.51. The van der Waals surface area contributed by atoms with Crippen LogP contribution < -0.4 is 4.74 Å². The molecule has 10 rings (SSSR count). The van der Waals surface area contributed by atoms with Crippen LogP contribution in [0.3, 0.4) is 0 Å². The lowest BCUT2D eigenvalue weighted by Crippen LogP contribution is -2.00. The zero-order chi connectivity index (χ0) is 30.2. The molecule has 1 aliphatic rings. The molecule has 2 aromatic heterocycles. The number of rotatable bonds is 3. The molecule has 0 fully saturated rings. The lowest BCUT2D eigenvalue weighted by atomic mass is 9.90. The first-order chi connectivity index (χ1) is 22.8. The Hall–Kier alpha value is -5.84. The number of hydrogen-bond acceptors (Lipinski definition) is 4. The van der Waals surface area contributed by atoms with Gasteiger partial charge in [-0.1, -0.05) is 103 Å². The summed E-state index contributed by atoms with van der Waals surface area (Å²) in [6.45, 7) is 0. The van der Waals surface area contributed by atoms with Crippen LogP contribution in [0.1, 0.15) is 0 Å². The van der Waals surface area contributed by atoms with Crippen LogP contribution in [-0.2, 0) is 0 Å². The molecule has 1 aliphatic heterocycles. The minimum absolute atomic E-state index is 0.707. The Kier molecular flexibility index (Phi) is 5.45. The van der Waals surface area contributed by atoms with Gasteiger partial charge in [0.1, 0.15) is 11.5 Å². The Morgan fingerprint density at radius 3 is 2.11 bits per heavy atom. The van der Waals surface area contributed by atoms with Gasteiger partial charge in [-0.25, -0.2) is 9.97 Å². The molecule has 3 nitrogen and oxygen atoms in total. The second-order valence-corrected chi connectivity index (χ2v) is 12.8. The molecule has 0 radical (unpaired) electrons. The van der Waals surface area contributed by atoms with E-state index in [1.807, 2.05) is 29.5 Å². The highest BCUT2D eigenvalue weighted by atomic mass is 32.1. The highest BCUT2D eigenvalue weighted by molar-refractivity contribution is 7.25. The van der Waals surface area contributed by atoms with Gasteiger partial charge in [-0.05, 0) is 64.5 Å². The third-order valence-electron chi connectivity index (χ3n) is 9.10. The van der Waals surface area contributed by atoms with E-state index in [9.17, 15) is 0 Å². The van der Waals surface area contributed by atoms with Crippen molar-refractivity contribution < 1.29 is 4.74 Å². The topological polar surface area (TPSA) is 35.0 Å². The molecule has 46 heavy (non-hydrogen) atoms. The van der Waals surface area contributed by atoms with Crippen LogP contribution in [0.15, 0.2) is 146 Å². The summed E-state index contributed by atoms with van der Waals surface area (Å²) < 4.78 is 9.31. The lowest BCUT2D eigenvalue weighted by molar-refractivity contribution is 0.487. The Morgan fingerprint density at radius 1 is 0.435 bits per heavy atom. The molecule has 4 heteroatoms. The Morgan fingerprint density at radius 2 is 1.17 bits per heavy atom. The van der Waals surface area contributed by atoms with Crippen LogP contribution in [-0.4, -0.2) is 9.97 Å². The fourth-order valence-electron chi connectivity index (χ4n) is 7.02. The molecule has 0 N–H and O–H groups in total. The molecule has 0 spiro atoms. The highest BCUT2D eigenvalue weighted by Crippen LogP contribution is 2.50. The van der Waals surface area contributed by atoms with E-state index in [2.05, 4.69) is 127 Å². The number of nitrogens with zero attached hydrogens (tertiary/aromatic N) is 2. The number of benzene rings is 7. The van der Waals surface area contributed by atoms with E-state index in [1.165, 1.54) is 25.7 Å². The maximum Gasteiger partial charge on any atom is 0.161 e. The lowest BCUT2D eigenvalue weighted by Gasteiger charge is -2.23. The van der Waals surface area contributed by atoms with Gasteiger partial charge in [0.05, 0.1) is 11.2 Å². The molecule has 0 bridgehead atoms. The van der Waals surface area contributed by atoms with Crippen molar-refractivity contribution in [1.29, 1.82) is 0 Å². The number of para-hydroxylation sites is 1. The number of ether oxygens (including phenoxy) is 1. The van der Waals surface area contributed by atoms with E-state index in [0.29, 0.717) is 5.82 Å². The Bertz CT molecular complexity index is 2680. The Labute approximate surface area is 269 Å². The predicted octanol–water partition coefficient (Wildman–Crippen LogP) is 11.9. The summed E-state index contributed by atoms with van der Waals surface area (Å²) in [6, 6.07) is 51.2. The zero-order valence-corrected chi connectivity index (χ0v) is 25.4. The second-order valence-electron chi connectivity index (χ2n) is 11.7. The van der Waals surface area contributed by atoms with Crippen LogP contribution in [0.2, 0.25) is 0 Å². The summed E-state index contributed by atoms with van der Waals surface area (Å²) in [5.74, 6) is 2.43. The quantitative estimate of drug-likeness (QED) is 0.201. The standard InChI is InChI=1S/C42H24N2OS/c1-2-10-25(11-3-1)41-32-12-4-6-17-34(32)43-42(44-41)31-22-23-35-39-29(15-8-16-30(31)39)28-21-20-26(24-36(28)45-35)27-14-9-19-38-40(27)33-13-5-7-18-37(33)46-38/h1-24H. The van der Waals surface area contributed by atoms with Crippen molar-refractivity contribution in [2.45, 2.75) is 0 Å². The summed E-state index contributed by atoms with van der Waals surface area (Å²) in [6.07, 6.45) is 0. The average molecular weight is 605 g/mol. The van der Waals surface area contributed by atoms with Crippen molar-refractivity contribution in [2.24, 2.45) is 0 Å². The van der Waals surface area contributed by atoms with Crippen molar-refractivity contribution in [1.82, 2.24) is 9.97 Å². The normalized spacial score (nSPS) is 12.1. The maximum atomic E-state index is 6.71. The van der Waals surface area contributed by atoms with Crippen molar-refractivity contribution in [3.63, 3.8) is 0 Å². The molecule has 214 valence electrons. The number of thiophene rings is 1. The molecule has 9 aromatic rings. The minimum Gasteiger partial charge on any atom is -0.456 e. The first kappa shape index (κ1) is 25.5. The number of fused-ring (bicyclic) bond motifs is 6. The van der Waals surface area contributed by atoms with Gasteiger partial charge in [-0.3, -0.25) is 0 Å². The van der Waals surface area contributed by atoms with E-state index in [0.717, 1.165) is 66.7 Å². The molecule has 7 aromatic carbocycles. The van der Waals surface area contributed by atoms with Gasteiger partial charge in [-0.2, -0.15) is 0 Å². The van der Waals surface area contributed by atoms with Gasteiger partial charge >= 0.3 is 0 Å². The molecule has 0 saturated heterocycles. The third kappa shape index (κ3) is 3.77.